The Morgan fingerprint density at radius 2 is 2.09 bits per heavy atom. The van der Waals surface area contributed by atoms with Gasteiger partial charge in [0.15, 0.2) is 0 Å². The molecule has 1 fully saturated rings. The number of hydrogen-bond acceptors (Lipinski definition) is 1. The highest BCUT2D eigenvalue weighted by atomic mass is 16.3. The molecule has 66 valence electrons. The van der Waals surface area contributed by atoms with Gasteiger partial charge in [-0.3, -0.25) is 0 Å². The van der Waals surface area contributed by atoms with Crippen LogP contribution in [0.3, 0.4) is 0 Å². The van der Waals surface area contributed by atoms with E-state index in [-0.39, 0.29) is 11.5 Å². The van der Waals surface area contributed by atoms with Crippen molar-refractivity contribution in [3.8, 4) is 0 Å². The molecule has 0 heterocycles. The molecule has 0 aliphatic heterocycles. The maximum atomic E-state index is 9.61. The summed E-state index contributed by atoms with van der Waals surface area (Å²) in [5.74, 6) is 0.691. The van der Waals surface area contributed by atoms with E-state index in [0.29, 0.717) is 5.92 Å². The molecule has 0 saturated heterocycles. The molecule has 1 aliphatic carbocycles. The molecule has 0 aromatic carbocycles. The standard InChI is InChI=1S/C10H20O/c1-8-6-4-5-7-10(8,3)9(2)11/h8-9,11H,4-7H2,1-3H3/t8?,9-,10?/m0/s1. The first-order chi connectivity index (χ1) is 5.07. The Morgan fingerprint density at radius 3 is 2.45 bits per heavy atom. The van der Waals surface area contributed by atoms with Crippen molar-refractivity contribution in [1.82, 2.24) is 0 Å². The van der Waals surface area contributed by atoms with E-state index in [0.717, 1.165) is 0 Å². The van der Waals surface area contributed by atoms with E-state index in [1.807, 2.05) is 6.92 Å². The highest BCUT2D eigenvalue weighted by molar-refractivity contribution is 4.87. The summed E-state index contributed by atoms with van der Waals surface area (Å²) in [5, 5.41) is 9.61. The summed E-state index contributed by atoms with van der Waals surface area (Å²) in [6.45, 7) is 6.43. The Hall–Kier alpha value is -0.0400. The predicted molar refractivity (Wildman–Crippen MR) is 47.4 cm³/mol. The van der Waals surface area contributed by atoms with E-state index >= 15 is 0 Å². The van der Waals surface area contributed by atoms with Crippen molar-refractivity contribution < 1.29 is 5.11 Å². The number of aliphatic hydroxyl groups excluding tert-OH is 1. The first-order valence-electron chi connectivity index (χ1n) is 4.75. The Labute approximate surface area is 69.8 Å². The summed E-state index contributed by atoms with van der Waals surface area (Å²) >= 11 is 0. The van der Waals surface area contributed by atoms with Crippen molar-refractivity contribution in [3.63, 3.8) is 0 Å². The summed E-state index contributed by atoms with van der Waals surface area (Å²) in [4.78, 5) is 0. The Kier molecular flexibility index (Phi) is 2.58. The van der Waals surface area contributed by atoms with Crippen LogP contribution in [0.1, 0.15) is 46.5 Å². The largest absolute Gasteiger partial charge is 0.393 e. The molecule has 0 bridgehead atoms. The zero-order chi connectivity index (χ0) is 8.48. The van der Waals surface area contributed by atoms with Crippen molar-refractivity contribution in [2.75, 3.05) is 0 Å². The lowest BCUT2D eigenvalue weighted by Gasteiger charge is -2.42. The van der Waals surface area contributed by atoms with Crippen LogP contribution in [0.25, 0.3) is 0 Å². The second-order valence-corrected chi connectivity index (χ2v) is 4.33. The fourth-order valence-corrected chi connectivity index (χ4v) is 2.15. The third-order valence-electron chi connectivity index (χ3n) is 3.68. The molecule has 0 radical (unpaired) electrons. The van der Waals surface area contributed by atoms with E-state index in [1.54, 1.807) is 0 Å². The molecule has 0 aromatic heterocycles. The highest BCUT2D eigenvalue weighted by Gasteiger charge is 2.37. The normalized spacial score (nSPS) is 42.0. The van der Waals surface area contributed by atoms with Gasteiger partial charge in [0, 0.05) is 0 Å². The Morgan fingerprint density at radius 1 is 1.45 bits per heavy atom. The van der Waals surface area contributed by atoms with Crippen molar-refractivity contribution in [2.45, 2.75) is 52.6 Å². The van der Waals surface area contributed by atoms with Gasteiger partial charge in [-0.2, -0.15) is 0 Å². The molecule has 1 heteroatoms. The van der Waals surface area contributed by atoms with Gasteiger partial charge < -0.3 is 5.11 Å². The lowest BCUT2D eigenvalue weighted by molar-refractivity contribution is -0.0156. The SMILES string of the molecule is CC1CCCCC1(C)[C@H](C)O. The summed E-state index contributed by atoms with van der Waals surface area (Å²) < 4.78 is 0. The van der Waals surface area contributed by atoms with E-state index in [2.05, 4.69) is 13.8 Å². The van der Waals surface area contributed by atoms with Crippen molar-refractivity contribution >= 4 is 0 Å². The summed E-state index contributed by atoms with van der Waals surface area (Å²) in [7, 11) is 0. The zero-order valence-corrected chi connectivity index (χ0v) is 7.93. The number of aliphatic hydroxyl groups is 1. The van der Waals surface area contributed by atoms with Crippen LogP contribution in [0.5, 0.6) is 0 Å². The topological polar surface area (TPSA) is 20.2 Å². The molecule has 0 spiro atoms. The van der Waals surface area contributed by atoms with Crippen LogP contribution < -0.4 is 0 Å². The van der Waals surface area contributed by atoms with Gasteiger partial charge in [-0.05, 0) is 24.7 Å². The van der Waals surface area contributed by atoms with Crippen molar-refractivity contribution in [1.29, 1.82) is 0 Å². The molecule has 11 heavy (non-hydrogen) atoms. The van der Waals surface area contributed by atoms with Gasteiger partial charge >= 0.3 is 0 Å². The maximum Gasteiger partial charge on any atom is 0.0568 e. The van der Waals surface area contributed by atoms with Crippen LogP contribution in [0.15, 0.2) is 0 Å². The van der Waals surface area contributed by atoms with Crippen LogP contribution in [0.4, 0.5) is 0 Å². The van der Waals surface area contributed by atoms with Crippen LogP contribution in [0, 0.1) is 11.3 Å². The average Bonchev–Trinajstić information content (AvgIpc) is 1.95. The third kappa shape index (κ3) is 1.58. The number of rotatable bonds is 1. The molecule has 3 atom stereocenters. The minimum Gasteiger partial charge on any atom is -0.393 e. The molecular formula is C10H20O. The molecular weight excluding hydrogens is 136 g/mol. The monoisotopic (exact) mass is 156 g/mol. The molecule has 1 aliphatic rings. The second-order valence-electron chi connectivity index (χ2n) is 4.33. The molecule has 2 unspecified atom stereocenters. The van der Waals surface area contributed by atoms with Gasteiger partial charge in [-0.25, -0.2) is 0 Å². The second kappa shape index (κ2) is 3.14. The van der Waals surface area contributed by atoms with E-state index < -0.39 is 0 Å². The zero-order valence-electron chi connectivity index (χ0n) is 7.93. The minimum absolute atomic E-state index is 0.141. The predicted octanol–water partition coefficient (Wildman–Crippen LogP) is 2.58. The van der Waals surface area contributed by atoms with Crippen LogP contribution in [0.2, 0.25) is 0 Å². The minimum atomic E-state index is -0.141. The Balaban J connectivity index is 2.64. The van der Waals surface area contributed by atoms with Gasteiger partial charge in [0.2, 0.25) is 0 Å². The van der Waals surface area contributed by atoms with Crippen molar-refractivity contribution in [3.05, 3.63) is 0 Å². The molecule has 0 aromatic rings. The quantitative estimate of drug-likeness (QED) is 0.618. The first kappa shape index (κ1) is 9.05. The summed E-state index contributed by atoms with van der Waals surface area (Å²) in [6, 6.07) is 0. The molecule has 1 rings (SSSR count). The molecule has 0 amide bonds. The van der Waals surface area contributed by atoms with Crippen LogP contribution in [-0.4, -0.2) is 11.2 Å². The molecule has 1 nitrogen and oxygen atoms in total. The average molecular weight is 156 g/mol. The first-order valence-corrected chi connectivity index (χ1v) is 4.75. The maximum absolute atomic E-state index is 9.61. The van der Waals surface area contributed by atoms with Crippen LogP contribution in [-0.2, 0) is 0 Å². The van der Waals surface area contributed by atoms with Gasteiger partial charge in [0.25, 0.3) is 0 Å². The van der Waals surface area contributed by atoms with Gasteiger partial charge in [-0.15, -0.1) is 0 Å². The fourth-order valence-electron chi connectivity index (χ4n) is 2.15. The van der Waals surface area contributed by atoms with Gasteiger partial charge in [0.05, 0.1) is 6.10 Å². The highest BCUT2D eigenvalue weighted by Crippen LogP contribution is 2.43. The van der Waals surface area contributed by atoms with Gasteiger partial charge in [-0.1, -0.05) is 33.1 Å². The third-order valence-corrected chi connectivity index (χ3v) is 3.68. The smallest absolute Gasteiger partial charge is 0.0568 e. The van der Waals surface area contributed by atoms with E-state index in [4.69, 9.17) is 0 Å². The van der Waals surface area contributed by atoms with Crippen LogP contribution >= 0.6 is 0 Å². The summed E-state index contributed by atoms with van der Waals surface area (Å²) in [6.07, 6.45) is 5.00. The Bertz CT molecular complexity index is 131. The van der Waals surface area contributed by atoms with Crippen molar-refractivity contribution in [2.24, 2.45) is 11.3 Å². The van der Waals surface area contributed by atoms with E-state index in [9.17, 15) is 5.11 Å². The summed E-state index contributed by atoms with van der Waals surface area (Å²) in [5.41, 5.74) is 0.193. The molecule has 1 N–H and O–H groups in total. The van der Waals surface area contributed by atoms with Gasteiger partial charge in [0.1, 0.15) is 0 Å². The lowest BCUT2D eigenvalue weighted by atomic mass is 9.65. The number of hydrogen-bond donors (Lipinski definition) is 1. The lowest BCUT2D eigenvalue weighted by Crippen LogP contribution is -2.38. The van der Waals surface area contributed by atoms with E-state index in [1.165, 1.54) is 25.7 Å². The molecule has 1 saturated carbocycles. The fraction of sp³-hybridized carbons (Fsp3) is 1.00.